The van der Waals surface area contributed by atoms with Crippen LogP contribution in [-0.4, -0.2) is 6.04 Å². The summed E-state index contributed by atoms with van der Waals surface area (Å²) < 4.78 is 0. The molecule has 0 heterocycles. The van der Waals surface area contributed by atoms with Gasteiger partial charge in [-0.3, -0.25) is 0 Å². The number of aryl methyl sites for hydroxylation is 1. The summed E-state index contributed by atoms with van der Waals surface area (Å²) in [5, 5.41) is 0. The van der Waals surface area contributed by atoms with E-state index in [0.29, 0.717) is 6.04 Å². The van der Waals surface area contributed by atoms with E-state index in [1.54, 1.807) is 0 Å². The lowest BCUT2D eigenvalue weighted by Crippen LogP contribution is -2.28. The first-order chi connectivity index (χ1) is 15.9. The fourth-order valence-electron chi connectivity index (χ4n) is 5.32. The molecule has 1 aliphatic carbocycles. The molecule has 4 aromatic rings. The van der Waals surface area contributed by atoms with Crippen LogP contribution in [-0.2, 0) is 5.41 Å². The van der Waals surface area contributed by atoms with Gasteiger partial charge in [-0.05, 0) is 66.3 Å². The average Bonchev–Trinajstić information content (AvgIpc) is 3.07. The summed E-state index contributed by atoms with van der Waals surface area (Å²) in [6.45, 7) is 11.5. The normalized spacial score (nSPS) is 14.5. The minimum Gasteiger partial charge on any atom is -0.338 e. The maximum atomic E-state index is 2.54. The molecule has 5 rings (SSSR count). The number of rotatable bonds is 5. The second-order valence-electron chi connectivity index (χ2n) is 9.91. The first kappa shape index (κ1) is 21.5. The predicted molar refractivity (Wildman–Crippen MR) is 143 cm³/mol. The van der Waals surface area contributed by atoms with Gasteiger partial charge in [0, 0.05) is 28.4 Å². The van der Waals surface area contributed by atoms with Gasteiger partial charge in [-0.2, -0.15) is 0 Å². The van der Waals surface area contributed by atoms with Crippen LogP contribution in [0.1, 0.15) is 50.8 Å². The van der Waals surface area contributed by atoms with E-state index in [2.05, 4.69) is 131 Å². The maximum Gasteiger partial charge on any atom is 0.0492 e. The van der Waals surface area contributed by atoms with E-state index in [4.69, 9.17) is 0 Å². The minimum absolute atomic E-state index is 0.000462. The Hall–Kier alpha value is -3.32. The van der Waals surface area contributed by atoms with Gasteiger partial charge in [0.15, 0.2) is 0 Å². The molecule has 0 radical (unpaired) electrons. The Morgan fingerprint density at radius 2 is 1.36 bits per heavy atom. The van der Waals surface area contributed by atoms with Crippen molar-refractivity contribution < 1.29 is 0 Å². The molecule has 0 aliphatic heterocycles. The second kappa shape index (κ2) is 8.23. The molecule has 0 saturated heterocycles. The smallest absolute Gasteiger partial charge is 0.0492 e. The Morgan fingerprint density at radius 3 is 2.09 bits per heavy atom. The molecule has 0 aromatic heterocycles. The van der Waals surface area contributed by atoms with Crippen molar-refractivity contribution in [1.29, 1.82) is 0 Å². The van der Waals surface area contributed by atoms with E-state index in [-0.39, 0.29) is 5.41 Å². The van der Waals surface area contributed by atoms with Crippen LogP contribution >= 0.6 is 0 Å². The van der Waals surface area contributed by atoms with Gasteiger partial charge in [0.25, 0.3) is 0 Å². The Bertz CT molecular complexity index is 1300. The standard InChI is InChI=1S/C32H33N/c1-6-23(3)33(31-14-10-8-11-26(31)24-17-15-22(2)16-18-24)25-19-20-28-27-12-7-9-13-29(27)32(4,5)30(28)21-25/h7-21,23H,6H2,1-5H3/t23-/m1/s1. The molecule has 1 aliphatic rings. The molecular formula is C32H33N. The lowest BCUT2D eigenvalue weighted by Gasteiger charge is -2.34. The highest BCUT2D eigenvalue weighted by Gasteiger charge is 2.35. The van der Waals surface area contributed by atoms with Gasteiger partial charge in [-0.15, -0.1) is 0 Å². The number of hydrogen-bond donors (Lipinski definition) is 0. The molecule has 0 amide bonds. The van der Waals surface area contributed by atoms with Crippen LogP contribution in [0.4, 0.5) is 11.4 Å². The van der Waals surface area contributed by atoms with Crippen LogP contribution in [0, 0.1) is 6.92 Å². The summed E-state index contributed by atoms with van der Waals surface area (Å²) in [5.41, 5.74) is 11.9. The average molecular weight is 432 g/mol. The summed E-state index contributed by atoms with van der Waals surface area (Å²) in [7, 11) is 0. The first-order valence-electron chi connectivity index (χ1n) is 12.1. The van der Waals surface area contributed by atoms with E-state index >= 15 is 0 Å². The summed E-state index contributed by atoms with van der Waals surface area (Å²) in [5.74, 6) is 0. The van der Waals surface area contributed by atoms with Crippen LogP contribution in [0.2, 0.25) is 0 Å². The largest absolute Gasteiger partial charge is 0.338 e. The predicted octanol–water partition coefficient (Wildman–Crippen LogP) is 8.90. The zero-order valence-corrected chi connectivity index (χ0v) is 20.4. The fraction of sp³-hybridized carbons (Fsp3) is 0.250. The van der Waals surface area contributed by atoms with Crippen molar-refractivity contribution in [2.75, 3.05) is 4.90 Å². The fourth-order valence-corrected chi connectivity index (χ4v) is 5.32. The third kappa shape index (κ3) is 3.56. The Labute approximate surface area is 198 Å². The highest BCUT2D eigenvalue weighted by Crippen LogP contribution is 2.50. The third-order valence-corrected chi connectivity index (χ3v) is 7.40. The van der Waals surface area contributed by atoms with Gasteiger partial charge in [-0.25, -0.2) is 0 Å². The molecule has 166 valence electrons. The van der Waals surface area contributed by atoms with Crippen LogP contribution in [0.15, 0.2) is 91.0 Å². The third-order valence-electron chi connectivity index (χ3n) is 7.40. The number of nitrogens with zero attached hydrogens (tertiary/aromatic N) is 1. The maximum absolute atomic E-state index is 2.54. The van der Waals surface area contributed by atoms with Crippen molar-refractivity contribution in [3.8, 4) is 22.3 Å². The highest BCUT2D eigenvalue weighted by molar-refractivity contribution is 5.86. The molecular weight excluding hydrogens is 398 g/mol. The van der Waals surface area contributed by atoms with Crippen LogP contribution in [0.3, 0.4) is 0 Å². The molecule has 1 nitrogen and oxygen atoms in total. The van der Waals surface area contributed by atoms with E-state index in [0.717, 1.165) is 6.42 Å². The SMILES string of the molecule is CC[C@@H](C)N(c1ccc2c(c1)C(C)(C)c1ccccc1-2)c1ccccc1-c1ccc(C)cc1. The quantitative estimate of drug-likeness (QED) is 0.305. The molecule has 0 spiro atoms. The highest BCUT2D eigenvalue weighted by atomic mass is 15.2. The zero-order chi connectivity index (χ0) is 23.2. The Kier molecular flexibility index (Phi) is 5.37. The number of anilines is 2. The van der Waals surface area contributed by atoms with E-state index in [1.165, 1.54) is 50.3 Å². The molecule has 0 bridgehead atoms. The number of hydrogen-bond acceptors (Lipinski definition) is 1. The van der Waals surface area contributed by atoms with E-state index in [9.17, 15) is 0 Å². The monoisotopic (exact) mass is 431 g/mol. The molecule has 0 saturated carbocycles. The van der Waals surface area contributed by atoms with Gasteiger partial charge in [-0.1, -0.05) is 99.1 Å². The van der Waals surface area contributed by atoms with Gasteiger partial charge < -0.3 is 4.90 Å². The van der Waals surface area contributed by atoms with Gasteiger partial charge in [0.05, 0.1) is 0 Å². The molecule has 1 heteroatoms. The summed E-state index contributed by atoms with van der Waals surface area (Å²) in [6.07, 6.45) is 1.07. The molecule has 0 unspecified atom stereocenters. The summed E-state index contributed by atoms with van der Waals surface area (Å²) in [4.78, 5) is 2.54. The van der Waals surface area contributed by atoms with Crippen LogP contribution in [0.5, 0.6) is 0 Å². The van der Waals surface area contributed by atoms with Gasteiger partial charge in [0.1, 0.15) is 0 Å². The molecule has 33 heavy (non-hydrogen) atoms. The lowest BCUT2D eigenvalue weighted by molar-refractivity contribution is 0.656. The topological polar surface area (TPSA) is 3.24 Å². The summed E-state index contributed by atoms with van der Waals surface area (Å²) in [6, 6.07) is 34.1. The summed E-state index contributed by atoms with van der Waals surface area (Å²) >= 11 is 0. The van der Waals surface area contributed by atoms with Crippen molar-refractivity contribution in [3.63, 3.8) is 0 Å². The van der Waals surface area contributed by atoms with Crippen molar-refractivity contribution >= 4 is 11.4 Å². The minimum atomic E-state index is -0.000462. The van der Waals surface area contributed by atoms with Gasteiger partial charge >= 0.3 is 0 Å². The molecule has 1 atom stereocenters. The number of fused-ring (bicyclic) bond motifs is 3. The van der Waals surface area contributed by atoms with E-state index < -0.39 is 0 Å². The first-order valence-corrected chi connectivity index (χ1v) is 12.1. The lowest BCUT2D eigenvalue weighted by atomic mass is 9.82. The van der Waals surface area contributed by atoms with Crippen molar-refractivity contribution in [1.82, 2.24) is 0 Å². The van der Waals surface area contributed by atoms with Gasteiger partial charge in [0.2, 0.25) is 0 Å². The van der Waals surface area contributed by atoms with Crippen LogP contribution < -0.4 is 4.90 Å². The van der Waals surface area contributed by atoms with E-state index in [1.807, 2.05) is 0 Å². The molecule has 0 fully saturated rings. The number of para-hydroxylation sites is 1. The van der Waals surface area contributed by atoms with Crippen molar-refractivity contribution in [2.24, 2.45) is 0 Å². The zero-order valence-electron chi connectivity index (χ0n) is 20.4. The van der Waals surface area contributed by atoms with Crippen molar-refractivity contribution in [2.45, 2.75) is 52.5 Å². The Balaban J connectivity index is 1.67. The Morgan fingerprint density at radius 1 is 0.727 bits per heavy atom. The second-order valence-corrected chi connectivity index (χ2v) is 9.91. The van der Waals surface area contributed by atoms with Crippen molar-refractivity contribution in [3.05, 3.63) is 108 Å². The molecule has 4 aromatic carbocycles. The van der Waals surface area contributed by atoms with Crippen LogP contribution in [0.25, 0.3) is 22.3 Å². The number of benzene rings is 4. The molecule has 0 N–H and O–H groups in total.